The molecule has 6 heteroatoms. The minimum Gasteiger partial charge on any atom is -0.495 e. The van der Waals surface area contributed by atoms with Gasteiger partial charge in [0, 0.05) is 29.7 Å². The van der Waals surface area contributed by atoms with Crippen molar-refractivity contribution < 1.29 is 14.2 Å². The average molecular weight is 344 g/mol. The van der Waals surface area contributed by atoms with Gasteiger partial charge in [0.05, 0.1) is 18.7 Å². The smallest absolute Gasteiger partial charge is 0.138 e. The molecule has 0 bridgehead atoms. The summed E-state index contributed by atoms with van der Waals surface area (Å²) in [7, 11) is 1.53. The van der Waals surface area contributed by atoms with E-state index in [-0.39, 0.29) is 12.2 Å². The van der Waals surface area contributed by atoms with Crippen LogP contribution in [0.5, 0.6) is 5.75 Å². The first-order valence-corrected chi connectivity index (χ1v) is 7.41. The molecule has 0 aliphatic heterocycles. The zero-order valence-electron chi connectivity index (χ0n) is 12.0. The summed E-state index contributed by atoms with van der Waals surface area (Å²) in [6.07, 6.45) is 0. The van der Waals surface area contributed by atoms with E-state index in [0.29, 0.717) is 28.9 Å². The van der Waals surface area contributed by atoms with Crippen LogP contribution in [0.3, 0.4) is 0 Å². The topological polar surface area (TPSA) is 41.5 Å². The maximum atomic E-state index is 13.3. The van der Waals surface area contributed by atoms with E-state index in [0.717, 1.165) is 11.1 Å². The molecule has 0 saturated carbocycles. The lowest BCUT2D eigenvalue weighted by Crippen LogP contribution is -2.13. The number of aliphatic hydroxyl groups is 1. The Kier molecular flexibility index (Phi) is 6.03. The van der Waals surface area contributed by atoms with Crippen molar-refractivity contribution in [3.05, 3.63) is 62.9 Å². The third-order valence-electron chi connectivity index (χ3n) is 3.25. The highest BCUT2D eigenvalue weighted by Crippen LogP contribution is 2.30. The van der Waals surface area contributed by atoms with E-state index in [1.54, 1.807) is 24.3 Å². The first kappa shape index (κ1) is 17.0. The molecule has 0 aliphatic rings. The number of benzene rings is 2. The number of hydrogen-bond acceptors (Lipinski definition) is 3. The number of rotatable bonds is 6. The second kappa shape index (κ2) is 7.79. The zero-order valence-corrected chi connectivity index (χ0v) is 13.5. The van der Waals surface area contributed by atoms with E-state index in [4.69, 9.17) is 33.0 Å². The summed E-state index contributed by atoms with van der Waals surface area (Å²) in [5.74, 6) is 0.123. The van der Waals surface area contributed by atoms with Gasteiger partial charge in [-0.3, -0.25) is 0 Å². The minimum absolute atomic E-state index is 0.282. The molecule has 0 fully saturated rings. The SMILES string of the molecule is COc1cc(Cl)c(CNCc2ccc(F)c(CO)c2)cc1Cl. The zero-order chi connectivity index (χ0) is 16.1. The Labute approximate surface area is 138 Å². The predicted octanol–water partition coefficient (Wildman–Crippen LogP) is 3.92. The number of nitrogens with one attached hydrogen (secondary N) is 1. The van der Waals surface area contributed by atoms with Gasteiger partial charge < -0.3 is 15.2 Å². The normalized spacial score (nSPS) is 10.8. The van der Waals surface area contributed by atoms with E-state index >= 15 is 0 Å². The summed E-state index contributed by atoms with van der Waals surface area (Å²) >= 11 is 12.2. The number of aliphatic hydroxyl groups excluding tert-OH is 1. The van der Waals surface area contributed by atoms with Crippen LogP contribution in [0.4, 0.5) is 4.39 Å². The number of halogens is 3. The quantitative estimate of drug-likeness (QED) is 0.835. The Morgan fingerprint density at radius 1 is 1.09 bits per heavy atom. The fourth-order valence-electron chi connectivity index (χ4n) is 2.06. The van der Waals surface area contributed by atoms with Crippen molar-refractivity contribution in [3.63, 3.8) is 0 Å². The molecule has 0 atom stereocenters. The maximum Gasteiger partial charge on any atom is 0.138 e. The molecule has 2 rings (SSSR count). The third kappa shape index (κ3) is 4.11. The van der Waals surface area contributed by atoms with Crippen molar-refractivity contribution >= 4 is 23.2 Å². The van der Waals surface area contributed by atoms with Crippen LogP contribution in [-0.2, 0) is 19.7 Å². The number of methoxy groups -OCH3 is 1. The molecule has 0 heterocycles. The highest BCUT2D eigenvalue weighted by molar-refractivity contribution is 6.34. The Balaban J connectivity index is 2.01. The van der Waals surface area contributed by atoms with Gasteiger partial charge in [0.25, 0.3) is 0 Å². The Bertz CT molecular complexity index is 665. The Morgan fingerprint density at radius 2 is 1.86 bits per heavy atom. The Morgan fingerprint density at radius 3 is 2.55 bits per heavy atom. The van der Waals surface area contributed by atoms with Crippen molar-refractivity contribution in [2.75, 3.05) is 7.11 Å². The molecule has 0 aliphatic carbocycles. The molecule has 2 N–H and O–H groups in total. The van der Waals surface area contributed by atoms with Crippen LogP contribution >= 0.6 is 23.2 Å². The first-order valence-electron chi connectivity index (χ1n) is 6.66. The second-order valence-corrected chi connectivity index (χ2v) is 5.58. The molecule has 0 unspecified atom stereocenters. The van der Waals surface area contributed by atoms with Crippen molar-refractivity contribution in [3.8, 4) is 5.75 Å². The molecular formula is C16H16Cl2FNO2. The number of hydrogen-bond donors (Lipinski definition) is 2. The molecule has 22 heavy (non-hydrogen) atoms. The highest BCUT2D eigenvalue weighted by Gasteiger charge is 2.08. The second-order valence-electron chi connectivity index (χ2n) is 4.77. The van der Waals surface area contributed by atoms with Crippen LogP contribution in [0.2, 0.25) is 10.0 Å². The van der Waals surface area contributed by atoms with Gasteiger partial charge in [0.15, 0.2) is 0 Å². The molecule has 0 amide bonds. The van der Waals surface area contributed by atoms with E-state index in [2.05, 4.69) is 5.32 Å². The lowest BCUT2D eigenvalue weighted by molar-refractivity contribution is 0.275. The van der Waals surface area contributed by atoms with Crippen LogP contribution in [0.25, 0.3) is 0 Å². The van der Waals surface area contributed by atoms with Gasteiger partial charge in [0.1, 0.15) is 11.6 Å². The van der Waals surface area contributed by atoms with Gasteiger partial charge >= 0.3 is 0 Å². The molecule has 2 aromatic rings. The van der Waals surface area contributed by atoms with Gasteiger partial charge in [0.2, 0.25) is 0 Å². The Hall–Kier alpha value is -1.33. The average Bonchev–Trinajstić information content (AvgIpc) is 2.51. The fourth-order valence-corrected chi connectivity index (χ4v) is 2.55. The molecule has 0 saturated heterocycles. The summed E-state index contributed by atoms with van der Waals surface area (Å²) in [4.78, 5) is 0. The maximum absolute atomic E-state index is 13.3. The van der Waals surface area contributed by atoms with E-state index in [9.17, 15) is 4.39 Å². The van der Waals surface area contributed by atoms with Crippen LogP contribution < -0.4 is 10.1 Å². The van der Waals surface area contributed by atoms with E-state index in [1.165, 1.54) is 13.2 Å². The van der Waals surface area contributed by atoms with Gasteiger partial charge in [-0.15, -0.1) is 0 Å². The summed E-state index contributed by atoms with van der Waals surface area (Å²) in [6, 6.07) is 8.07. The molecule has 3 nitrogen and oxygen atoms in total. The molecule has 118 valence electrons. The largest absolute Gasteiger partial charge is 0.495 e. The first-order chi connectivity index (χ1) is 10.5. The van der Waals surface area contributed by atoms with Crippen LogP contribution in [-0.4, -0.2) is 12.2 Å². The summed E-state index contributed by atoms with van der Waals surface area (Å²) < 4.78 is 18.4. The van der Waals surface area contributed by atoms with Crippen molar-refractivity contribution in [1.29, 1.82) is 0 Å². The highest BCUT2D eigenvalue weighted by atomic mass is 35.5. The van der Waals surface area contributed by atoms with Crippen molar-refractivity contribution in [2.24, 2.45) is 0 Å². The predicted molar refractivity (Wildman–Crippen MR) is 85.9 cm³/mol. The van der Waals surface area contributed by atoms with Crippen molar-refractivity contribution in [1.82, 2.24) is 5.32 Å². The molecule has 0 radical (unpaired) electrons. The summed E-state index contributed by atoms with van der Waals surface area (Å²) in [6.45, 7) is 0.710. The molecule has 0 spiro atoms. The molecule has 0 aromatic heterocycles. The number of ether oxygens (including phenoxy) is 1. The van der Waals surface area contributed by atoms with Crippen molar-refractivity contribution in [2.45, 2.75) is 19.7 Å². The van der Waals surface area contributed by atoms with E-state index < -0.39 is 5.82 Å². The summed E-state index contributed by atoms with van der Waals surface area (Å²) in [5.41, 5.74) is 2.00. The lowest BCUT2D eigenvalue weighted by Gasteiger charge is -2.11. The van der Waals surface area contributed by atoms with Crippen LogP contribution in [0.15, 0.2) is 30.3 Å². The van der Waals surface area contributed by atoms with Crippen LogP contribution in [0.1, 0.15) is 16.7 Å². The van der Waals surface area contributed by atoms with Gasteiger partial charge in [-0.25, -0.2) is 4.39 Å². The van der Waals surface area contributed by atoms with Gasteiger partial charge in [-0.1, -0.05) is 29.3 Å². The lowest BCUT2D eigenvalue weighted by atomic mass is 10.1. The monoisotopic (exact) mass is 343 g/mol. The molecule has 2 aromatic carbocycles. The van der Waals surface area contributed by atoms with Gasteiger partial charge in [-0.2, -0.15) is 0 Å². The minimum atomic E-state index is -0.406. The third-order valence-corrected chi connectivity index (χ3v) is 3.89. The summed E-state index contributed by atoms with van der Waals surface area (Å²) in [5, 5.41) is 13.3. The fraction of sp³-hybridized carbons (Fsp3) is 0.250. The molecular weight excluding hydrogens is 328 g/mol. The van der Waals surface area contributed by atoms with Crippen LogP contribution in [0, 0.1) is 5.82 Å². The standard InChI is InChI=1S/C16H16Cl2FNO2/c1-22-16-6-13(17)11(5-14(16)18)8-20-7-10-2-3-15(19)12(4-10)9-21/h2-6,20-21H,7-9H2,1H3. The van der Waals surface area contributed by atoms with Gasteiger partial charge in [-0.05, 0) is 29.3 Å². The van der Waals surface area contributed by atoms with E-state index in [1.807, 2.05) is 0 Å².